The van der Waals surface area contributed by atoms with Gasteiger partial charge in [0.1, 0.15) is 18.0 Å². The second kappa shape index (κ2) is 11.5. The van der Waals surface area contributed by atoms with E-state index in [1.165, 1.54) is 52.7 Å². The molecule has 0 spiro atoms. The monoisotopic (exact) mass is 554 g/mol. The van der Waals surface area contributed by atoms with Crippen LogP contribution >= 0.6 is 0 Å². The number of carbonyl (C=O) groups excluding carboxylic acids is 1. The molecule has 0 aromatic heterocycles. The van der Waals surface area contributed by atoms with E-state index in [1.54, 1.807) is 6.07 Å². The number of hydrogen-bond acceptors (Lipinski definition) is 7. The van der Waals surface area contributed by atoms with Crippen molar-refractivity contribution in [2.45, 2.75) is 11.1 Å². The van der Waals surface area contributed by atoms with Crippen LogP contribution in [0.1, 0.15) is 5.56 Å². The highest BCUT2D eigenvalue weighted by Gasteiger charge is 2.33. The lowest BCUT2D eigenvalue weighted by Gasteiger charge is -2.25. The van der Waals surface area contributed by atoms with Gasteiger partial charge in [-0.2, -0.15) is 13.2 Å². The predicted octanol–water partition coefficient (Wildman–Crippen LogP) is 4.57. The number of rotatable bonds is 10. The molecule has 13 heteroatoms. The lowest BCUT2D eigenvalue weighted by Crippen LogP contribution is -2.38. The van der Waals surface area contributed by atoms with Crippen LogP contribution in [0.25, 0.3) is 0 Å². The second-order valence-electron chi connectivity index (χ2n) is 7.69. The molecule has 204 valence electrons. The molecule has 0 aliphatic heterocycles. The molecule has 3 aromatic rings. The highest BCUT2D eigenvalue weighted by atomic mass is 32.2. The molecule has 0 heterocycles. The van der Waals surface area contributed by atoms with Gasteiger partial charge in [0.2, 0.25) is 5.91 Å². The largest absolute Gasteiger partial charge is 0.497 e. The first-order chi connectivity index (χ1) is 17.9. The van der Waals surface area contributed by atoms with Crippen molar-refractivity contribution in [1.29, 1.82) is 0 Å². The van der Waals surface area contributed by atoms with Gasteiger partial charge in [-0.1, -0.05) is 6.07 Å². The summed E-state index contributed by atoms with van der Waals surface area (Å²) in [5, 5.41) is 2.53. The second-order valence-corrected chi connectivity index (χ2v) is 9.55. The molecular formula is C25H25F3N2O7S. The Labute approximate surface area is 217 Å². The maximum absolute atomic E-state index is 13.7. The van der Waals surface area contributed by atoms with Gasteiger partial charge in [0.15, 0.2) is 11.5 Å². The van der Waals surface area contributed by atoms with Crippen molar-refractivity contribution < 1.29 is 45.3 Å². The number of benzene rings is 3. The molecule has 9 nitrogen and oxygen atoms in total. The van der Waals surface area contributed by atoms with Crippen LogP contribution in [0.15, 0.2) is 65.6 Å². The molecule has 3 rings (SSSR count). The van der Waals surface area contributed by atoms with Crippen molar-refractivity contribution in [2.75, 3.05) is 44.6 Å². The van der Waals surface area contributed by atoms with Gasteiger partial charge in [0.05, 0.1) is 50.3 Å². The van der Waals surface area contributed by atoms with Gasteiger partial charge in [-0.05, 0) is 42.5 Å². The number of halogens is 3. The number of carbonyl (C=O) groups is 1. The minimum absolute atomic E-state index is 0.0723. The summed E-state index contributed by atoms with van der Waals surface area (Å²) in [7, 11) is 0.867. The van der Waals surface area contributed by atoms with Gasteiger partial charge in [0, 0.05) is 12.1 Å². The first kappa shape index (κ1) is 28.4. The molecule has 0 saturated heterocycles. The maximum Gasteiger partial charge on any atom is 0.416 e. The number of nitrogens with zero attached hydrogens (tertiary/aromatic N) is 1. The van der Waals surface area contributed by atoms with E-state index in [0.717, 1.165) is 24.3 Å². The summed E-state index contributed by atoms with van der Waals surface area (Å²) in [6.45, 7) is -0.863. The van der Waals surface area contributed by atoms with Crippen molar-refractivity contribution >= 4 is 27.3 Å². The molecule has 0 unspecified atom stereocenters. The Morgan fingerprint density at radius 3 is 2.11 bits per heavy atom. The number of methoxy groups -OCH3 is 4. The molecular weight excluding hydrogens is 529 g/mol. The maximum atomic E-state index is 13.7. The summed E-state index contributed by atoms with van der Waals surface area (Å²) >= 11 is 0. The van der Waals surface area contributed by atoms with E-state index in [0.29, 0.717) is 16.1 Å². The number of ether oxygens (including phenoxy) is 4. The fourth-order valence-electron chi connectivity index (χ4n) is 3.49. The molecule has 3 aromatic carbocycles. The molecule has 0 aliphatic carbocycles. The van der Waals surface area contributed by atoms with Crippen molar-refractivity contribution in [3.63, 3.8) is 0 Å². The zero-order valence-corrected chi connectivity index (χ0v) is 21.6. The molecule has 0 saturated carbocycles. The van der Waals surface area contributed by atoms with Crippen LogP contribution in [0.2, 0.25) is 0 Å². The lowest BCUT2D eigenvalue weighted by atomic mass is 10.2. The Bertz CT molecular complexity index is 1410. The van der Waals surface area contributed by atoms with E-state index < -0.39 is 34.2 Å². The topological polar surface area (TPSA) is 103 Å². The number of sulfonamides is 1. The van der Waals surface area contributed by atoms with E-state index in [-0.39, 0.29) is 33.5 Å². The van der Waals surface area contributed by atoms with Crippen LogP contribution < -0.4 is 28.6 Å². The molecule has 0 bridgehead atoms. The Balaban J connectivity index is 2.08. The first-order valence-corrected chi connectivity index (χ1v) is 12.3. The summed E-state index contributed by atoms with van der Waals surface area (Å²) < 4.78 is 88.9. The Morgan fingerprint density at radius 1 is 0.842 bits per heavy atom. The van der Waals surface area contributed by atoms with Crippen molar-refractivity contribution in [1.82, 2.24) is 0 Å². The van der Waals surface area contributed by atoms with E-state index in [1.807, 2.05) is 0 Å². The van der Waals surface area contributed by atoms with Gasteiger partial charge in [-0.25, -0.2) is 8.42 Å². The minimum Gasteiger partial charge on any atom is -0.497 e. The Morgan fingerprint density at radius 2 is 1.50 bits per heavy atom. The molecule has 0 aliphatic rings. The van der Waals surface area contributed by atoms with Crippen LogP contribution in [0, 0.1) is 0 Å². The molecule has 0 fully saturated rings. The van der Waals surface area contributed by atoms with Crippen molar-refractivity contribution in [3.05, 3.63) is 66.2 Å². The fraction of sp³-hybridized carbons (Fsp3) is 0.240. The third kappa shape index (κ3) is 6.22. The van der Waals surface area contributed by atoms with Crippen molar-refractivity contribution in [3.8, 4) is 23.0 Å². The normalized spacial score (nSPS) is 11.4. The molecule has 38 heavy (non-hydrogen) atoms. The van der Waals surface area contributed by atoms with Crippen molar-refractivity contribution in [2.24, 2.45) is 0 Å². The van der Waals surface area contributed by atoms with Crippen LogP contribution in [0.3, 0.4) is 0 Å². The van der Waals surface area contributed by atoms with Crippen LogP contribution in [-0.2, 0) is 21.0 Å². The third-order valence-electron chi connectivity index (χ3n) is 5.37. The van der Waals surface area contributed by atoms with Gasteiger partial charge >= 0.3 is 6.18 Å². The standard InChI is InChI=1S/C25H25F3N2O7S/c1-34-18-8-10-21(35-2)20(13-18)29-24(31)15-30(17-7-5-6-16(12-17)25(26,27)28)38(32,33)19-9-11-22(36-3)23(14-19)37-4/h5-14H,15H2,1-4H3,(H,29,31). The number of anilines is 2. The summed E-state index contributed by atoms with van der Waals surface area (Å²) in [6.07, 6.45) is -4.75. The molecule has 1 amide bonds. The van der Waals surface area contributed by atoms with E-state index >= 15 is 0 Å². The highest BCUT2D eigenvalue weighted by molar-refractivity contribution is 7.92. The van der Waals surface area contributed by atoms with Gasteiger partial charge in [0.25, 0.3) is 10.0 Å². The number of alkyl halides is 3. The van der Waals surface area contributed by atoms with Crippen LogP contribution in [0.5, 0.6) is 23.0 Å². The molecule has 0 radical (unpaired) electrons. The lowest BCUT2D eigenvalue weighted by molar-refractivity contribution is -0.137. The molecule has 0 atom stereocenters. The Kier molecular flexibility index (Phi) is 8.61. The van der Waals surface area contributed by atoms with E-state index in [9.17, 15) is 26.4 Å². The predicted molar refractivity (Wildman–Crippen MR) is 134 cm³/mol. The zero-order valence-electron chi connectivity index (χ0n) is 20.8. The number of hydrogen-bond donors (Lipinski definition) is 1. The van der Waals surface area contributed by atoms with Gasteiger partial charge in [-0.15, -0.1) is 0 Å². The average molecular weight is 555 g/mol. The van der Waals surface area contributed by atoms with Gasteiger partial charge in [-0.3, -0.25) is 9.10 Å². The third-order valence-corrected chi connectivity index (χ3v) is 7.14. The van der Waals surface area contributed by atoms with E-state index in [2.05, 4.69) is 5.32 Å². The number of nitrogens with one attached hydrogen (secondary N) is 1. The summed E-state index contributed by atoms with van der Waals surface area (Å²) in [5.41, 5.74) is -1.29. The smallest absolute Gasteiger partial charge is 0.416 e. The average Bonchev–Trinajstić information content (AvgIpc) is 2.90. The van der Waals surface area contributed by atoms with E-state index in [4.69, 9.17) is 18.9 Å². The summed E-state index contributed by atoms with van der Waals surface area (Å²) in [5.74, 6) is 0.0994. The van der Waals surface area contributed by atoms with Gasteiger partial charge < -0.3 is 24.3 Å². The molecule has 1 N–H and O–H groups in total. The van der Waals surface area contributed by atoms with Crippen LogP contribution in [-0.4, -0.2) is 49.3 Å². The first-order valence-electron chi connectivity index (χ1n) is 10.9. The Hall–Kier alpha value is -4.13. The highest BCUT2D eigenvalue weighted by Crippen LogP contribution is 2.35. The fourth-order valence-corrected chi connectivity index (χ4v) is 4.92. The quantitative estimate of drug-likeness (QED) is 0.392. The zero-order chi connectivity index (χ0) is 28.1. The minimum atomic E-state index is -4.75. The summed E-state index contributed by atoms with van der Waals surface area (Å²) in [4.78, 5) is 12.7. The SMILES string of the molecule is COc1ccc(OC)c(NC(=O)CN(c2cccc(C(F)(F)F)c2)S(=O)(=O)c2ccc(OC)c(OC)c2)c1. The van der Waals surface area contributed by atoms with Crippen LogP contribution in [0.4, 0.5) is 24.5 Å². The number of amides is 1. The summed E-state index contributed by atoms with van der Waals surface area (Å²) in [6, 6.07) is 11.9.